The number of nitrogens with one attached hydrogen (secondary N) is 1. The van der Waals surface area contributed by atoms with Crippen LogP contribution in [0.15, 0.2) is 48.8 Å². The Morgan fingerprint density at radius 3 is 2.52 bits per heavy atom. The van der Waals surface area contributed by atoms with Gasteiger partial charge in [-0.2, -0.15) is 0 Å². The SMILES string of the molecule is O=CNc1ccc(-n2cnc3cc(OC(F)(F)F)ccc32)cc1. The number of carbonyl (C=O) groups excluding carboxylic acids is 1. The highest BCUT2D eigenvalue weighted by Gasteiger charge is 2.31. The zero-order valence-electron chi connectivity index (χ0n) is 11.5. The van der Waals surface area contributed by atoms with Crippen LogP contribution in [-0.4, -0.2) is 22.3 Å². The molecular weight excluding hydrogens is 311 g/mol. The van der Waals surface area contributed by atoms with Crippen LogP contribution in [0.2, 0.25) is 0 Å². The Kier molecular flexibility index (Phi) is 3.65. The fourth-order valence-electron chi connectivity index (χ4n) is 2.18. The minimum absolute atomic E-state index is 0.319. The number of ether oxygens (including phenoxy) is 1. The van der Waals surface area contributed by atoms with Crippen molar-refractivity contribution in [3.63, 3.8) is 0 Å². The summed E-state index contributed by atoms with van der Waals surface area (Å²) in [5.74, 6) is -0.319. The third-order valence-electron chi connectivity index (χ3n) is 3.12. The molecule has 0 unspecified atom stereocenters. The molecule has 0 atom stereocenters. The molecule has 1 amide bonds. The Balaban J connectivity index is 1.94. The third-order valence-corrected chi connectivity index (χ3v) is 3.12. The van der Waals surface area contributed by atoms with E-state index in [1.54, 1.807) is 28.8 Å². The van der Waals surface area contributed by atoms with Gasteiger partial charge in [-0.25, -0.2) is 4.98 Å². The van der Waals surface area contributed by atoms with Gasteiger partial charge in [0.05, 0.1) is 11.0 Å². The number of rotatable bonds is 4. The Morgan fingerprint density at radius 1 is 1.13 bits per heavy atom. The summed E-state index contributed by atoms with van der Waals surface area (Å²) < 4.78 is 42.3. The molecule has 0 bridgehead atoms. The van der Waals surface area contributed by atoms with Gasteiger partial charge in [-0.05, 0) is 36.4 Å². The molecule has 0 aliphatic carbocycles. The quantitative estimate of drug-likeness (QED) is 0.748. The number of hydrogen-bond donors (Lipinski definition) is 1. The van der Waals surface area contributed by atoms with Crippen molar-refractivity contribution >= 4 is 23.1 Å². The molecule has 23 heavy (non-hydrogen) atoms. The molecular formula is C15H10F3N3O2. The van der Waals surface area contributed by atoms with E-state index in [0.717, 1.165) is 5.69 Å². The van der Waals surface area contributed by atoms with Gasteiger partial charge in [0.25, 0.3) is 0 Å². The number of hydrogen-bond acceptors (Lipinski definition) is 3. The number of nitrogens with zero attached hydrogens (tertiary/aromatic N) is 2. The molecule has 3 aromatic rings. The first-order chi connectivity index (χ1) is 11.0. The van der Waals surface area contributed by atoms with E-state index in [-0.39, 0.29) is 5.75 Å². The lowest BCUT2D eigenvalue weighted by Crippen LogP contribution is -2.17. The average molecular weight is 321 g/mol. The predicted molar refractivity (Wildman–Crippen MR) is 77.4 cm³/mol. The predicted octanol–water partition coefficient (Wildman–Crippen LogP) is 3.49. The zero-order chi connectivity index (χ0) is 16.4. The first-order valence-corrected chi connectivity index (χ1v) is 6.50. The van der Waals surface area contributed by atoms with E-state index in [1.165, 1.54) is 24.5 Å². The lowest BCUT2D eigenvalue weighted by molar-refractivity contribution is -0.274. The van der Waals surface area contributed by atoms with Crippen LogP contribution in [0.4, 0.5) is 18.9 Å². The number of alkyl halides is 3. The average Bonchev–Trinajstić information content (AvgIpc) is 2.90. The third kappa shape index (κ3) is 3.25. The van der Waals surface area contributed by atoms with Crippen molar-refractivity contribution in [2.75, 3.05) is 5.32 Å². The number of benzene rings is 2. The molecule has 1 aromatic heterocycles. The van der Waals surface area contributed by atoms with Gasteiger partial charge in [-0.3, -0.25) is 9.36 Å². The van der Waals surface area contributed by atoms with Crippen LogP contribution in [0.3, 0.4) is 0 Å². The van der Waals surface area contributed by atoms with Crippen molar-refractivity contribution in [3.8, 4) is 11.4 Å². The number of carbonyl (C=O) groups is 1. The summed E-state index contributed by atoms with van der Waals surface area (Å²) in [6.07, 6.45) is -2.66. The Bertz CT molecular complexity index is 841. The van der Waals surface area contributed by atoms with Gasteiger partial charge in [0.1, 0.15) is 12.1 Å². The Labute approximate surface area is 128 Å². The Morgan fingerprint density at radius 2 is 1.87 bits per heavy atom. The van der Waals surface area contributed by atoms with Crippen LogP contribution >= 0.6 is 0 Å². The van der Waals surface area contributed by atoms with E-state index in [4.69, 9.17) is 0 Å². The molecule has 5 nitrogen and oxygen atoms in total. The molecule has 0 fully saturated rings. The van der Waals surface area contributed by atoms with Crippen LogP contribution in [0.5, 0.6) is 5.75 Å². The van der Waals surface area contributed by atoms with Gasteiger partial charge in [0.2, 0.25) is 6.41 Å². The summed E-state index contributed by atoms with van der Waals surface area (Å²) in [5.41, 5.74) is 2.40. The van der Waals surface area contributed by atoms with Crippen molar-refractivity contribution in [2.45, 2.75) is 6.36 Å². The van der Waals surface area contributed by atoms with E-state index in [0.29, 0.717) is 23.1 Å². The van der Waals surface area contributed by atoms with Crippen molar-refractivity contribution < 1.29 is 22.7 Å². The van der Waals surface area contributed by atoms with Gasteiger partial charge in [-0.1, -0.05) is 0 Å². The summed E-state index contributed by atoms with van der Waals surface area (Å²) in [4.78, 5) is 14.5. The molecule has 8 heteroatoms. The number of fused-ring (bicyclic) bond motifs is 1. The van der Waals surface area contributed by atoms with Crippen LogP contribution in [0.25, 0.3) is 16.7 Å². The second-order valence-corrected chi connectivity index (χ2v) is 4.62. The molecule has 1 N–H and O–H groups in total. The second-order valence-electron chi connectivity index (χ2n) is 4.62. The number of halogens is 3. The normalized spacial score (nSPS) is 11.4. The molecule has 2 aromatic carbocycles. The number of amides is 1. The molecule has 0 aliphatic rings. The van der Waals surface area contributed by atoms with E-state index in [9.17, 15) is 18.0 Å². The fraction of sp³-hybridized carbons (Fsp3) is 0.0667. The monoisotopic (exact) mass is 321 g/mol. The highest BCUT2D eigenvalue weighted by Crippen LogP contribution is 2.27. The highest BCUT2D eigenvalue weighted by molar-refractivity contribution is 5.79. The van der Waals surface area contributed by atoms with E-state index >= 15 is 0 Å². The maximum Gasteiger partial charge on any atom is 0.573 e. The van der Waals surface area contributed by atoms with Gasteiger partial charge < -0.3 is 10.1 Å². The molecule has 0 saturated heterocycles. The summed E-state index contributed by atoms with van der Waals surface area (Å²) in [5, 5.41) is 2.52. The fourth-order valence-corrected chi connectivity index (χ4v) is 2.18. The zero-order valence-corrected chi connectivity index (χ0v) is 11.5. The van der Waals surface area contributed by atoms with Gasteiger partial charge in [-0.15, -0.1) is 13.2 Å². The Hall–Kier alpha value is -3.03. The molecule has 118 valence electrons. The van der Waals surface area contributed by atoms with Crippen LogP contribution in [0, 0.1) is 0 Å². The lowest BCUT2D eigenvalue weighted by Gasteiger charge is -2.09. The van der Waals surface area contributed by atoms with Gasteiger partial charge in [0.15, 0.2) is 0 Å². The molecule has 1 heterocycles. The first kappa shape index (κ1) is 14.9. The first-order valence-electron chi connectivity index (χ1n) is 6.50. The standard InChI is InChI=1S/C15H10F3N3O2/c16-15(17,18)23-12-5-6-14-13(7-12)19-8-21(14)11-3-1-10(2-4-11)20-9-22/h1-9H,(H,20,22). The molecule has 0 aliphatic heterocycles. The smallest absolute Gasteiger partial charge is 0.406 e. The van der Waals surface area contributed by atoms with Crippen molar-refractivity contribution in [1.29, 1.82) is 0 Å². The van der Waals surface area contributed by atoms with Gasteiger partial charge in [0, 0.05) is 17.4 Å². The van der Waals surface area contributed by atoms with Crippen LogP contribution in [0.1, 0.15) is 0 Å². The second kappa shape index (κ2) is 5.64. The molecule has 0 saturated carbocycles. The maximum absolute atomic E-state index is 12.2. The van der Waals surface area contributed by atoms with Crippen molar-refractivity contribution in [2.24, 2.45) is 0 Å². The van der Waals surface area contributed by atoms with E-state index in [2.05, 4.69) is 15.0 Å². The van der Waals surface area contributed by atoms with E-state index < -0.39 is 6.36 Å². The number of anilines is 1. The van der Waals surface area contributed by atoms with Gasteiger partial charge >= 0.3 is 6.36 Å². The van der Waals surface area contributed by atoms with Crippen molar-refractivity contribution in [3.05, 3.63) is 48.8 Å². The number of imidazole rings is 1. The molecule has 3 rings (SSSR count). The summed E-state index contributed by atoms with van der Waals surface area (Å²) >= 11 is 0. The minimum Gasteiger partial charge on any atom is -0.406 e. The highest BCUT2D eigenvalue weighted by atomic mass is 19.4. The molecule has 0 radical (unpaired) electrons. The summed E-state index contributed by atoms with van der Waals surface area (Å²) in [6.45, 7) is 0. The summed E-state index contributed by atoms with van der Waals surface area (Å²) in [6, 6.07) is 10.9. The van der Waals surface area contributed by atoms with E-state index in [1.807, 2.05) is 0 Å². The lowest BCUT2D eigenvalue weighted by atomic mass is 10.2. The summed E-state index contributed by atoms with van der Waals surface area (Å²) in [7, 11) is 0. The maximum atomic E-state index is 12.2. The molecule has 0 spiro atoms. The van der Waals surface area contributed by atoms with Crippen LogP contribution < -0.4 is 10.1 Å². The van der Waals surface area contributed by atoms with Crippen LogP contribution in [-0.2, 0) is 4.79 Å². The van der Waals surface area contributed by atoms with Crippen molar-refractivity contribution in [1.82, 2.24) is 9.55 Å². The number of aromatic nitrogens is 2. The minimum atomic E-state index is -4.74. The largest absolute Gasteiger partial charge is 0.573 e. The topological polar surface area (TPSA) is 56.2 Å².